The Balaban J connectivity index is 2.24. The first kappa shape index (κ1) is 10.6. The summed E-state index contributed by atoms with van der Waals surface area (Å²) in [6.45, 7) is 4.46. The minimum Gasteiger partial charge on any atom is -0.0619 e. The Morgan fingerprint density at radius 2 is 1.71 bits per heavy atom. The van der Waals surface area contributed by atoms with Crippen LogP contribution in [0.15, 0.2) is 36.4 Å². The Labute approximate surface area is 103 Å². The third kappa shape index (κ3) is 1.51. The van der Waals surface area contributed by atoms with Crippen LogP contribution >= 0.6 is 0 Å². The summed E-state index contributed by atoms with van der Waals surface area (Å²) in [6.07, 6.45) is 5.77. The first-order valence-corrected chi connectivity index (χ1v) is 6.36. The van der Waals surface area contributed by atoms with Crippen LogP contribution in [-0.2, 0) is 12.8 Å². The maximum absolute atomic E-state index is 3.57. The fourth-order valence-electron chi connectivity index (χ4n) is 2.75. The molecule has 84 valence electrons. The van der Waals surface area contributed by atoms with E-state index in [1.807, 2.05) is 0 Å². The van der Waals surface area contributed by atoms with Crippen molar-refractivity contribution in [2.45, 2.75) is 26.7 Å². The van der Waals surface area contributed by atoms with Gasteiger partial charge in [-0.15, -0.1) is 0 Å². The second-order valence-corrected chi connectivity index (χ2v) is 4.50. The highest BCUT2D eigenvalue weighted by Gasteiger charge is 2.21. The van der Waals surface area contributed by atoms with Gasteiger partial charge in [0.1, 0.15) is 0 Å². The molecule has 0 nitrogen and oxygen atoms in total. The van der Waals surface area contributed by atoms with Crippen molar-refractivity contribution in [1.82, 2.24) is 0 Å². The van der Waals surface area contributed by atoms with Crippen molar-refractivity contribution in [1.29, 1.82) is 0 Å². The molecule has 0 unspecified atom stereocenters. The first-order chi connectivity index (χ1) is 8.35. The highest BCUT2D eigenvalue weighted by atomic mass is 14.2. The minimum atomic E-state index is 1.09. The summed E-state index contributed by atoms with van der Waals surface area (Å²) >= 11 is 0. The van der Waals surface area contributed by atoms with Gasteiger partial charge in [-0.05, 0) is 46.2 Å². The van der Waals surface area contributed by atoms with Crippen LogP contribution in [0, 0.1) is 6.42 Å². The van der Waals surface area contributed by atoms with Crippen LogP contribution in [0.3, 0.4) is 0 Å². The Hall–Kier alpha value is -1.56. The molecule has 2 aromatic carbocycles. The summed E-state index contributed by atoms with van der Waals surface area (Å²) in [5, 5.41) is 0. The summed E-state index contributed by atoms with van der Waals surface area (Å²) in [4.78, 5) is 0. The topological polar surface area (TPSA) is 0 Å². The normalized spacial score (nSPS) is 12.4. The molecule has 1 aliphatic carbocycles. The van der Waals surface area contributed by atoms with Crippen molar-refractivity contribution >= 4 is 0 Å². The molecule has 0 saturated heterocycles. The van der Waals surface area contributed by atoms with Crippen LogP contribution < -0.4 is 0 Å². The molecule has 0 amide bonds. The molecule has 0 bridgehead atoms. The maximum Gasteiger partial charge on any atom is 0.0517 e. The molecule has 0 atom stereocenters. The molecule has 17 heavy (non-hydrogen) atoms. The second kappa shape index (κ2) is 4.03. The van der Waals surface area contributed by atoms with Crippen molar-refractivity contribution < 1.29 is 0 Å². The van der Waals surface area contributed by atoms with Gasteiger partial charge < -0.3 is 0 Å². The summed E-state index contributed by atoms with van der Waals surface area (Å²) in [5.74, 6) is 0. The van der Waals surface area contributed by atoms with Crippen molar-refractivity contribution in [3.05, 3.63) is 65.1 Å². The molecule has 0 N–H and O–H groups in total. The lowest BCUT2D eigenvalue weighted by atomic mass is 9.93. The highest BCUT2D eigenvalue weighted by molar-refractivity contribution is 5.82. The van der Waals surface area contributed by atoms with Crippen LogP contribution in [0.5, 0.6) is 0 Å². The summed E-state index contributed by atoms with van der Waals surface area (Å²) in [7, 11) is 0. The molecule has 0 spiro atoms. The van der Waals surface area contributed by atoms with Gasteiger partial charge in [-0.3, -0.25) is 0 Å². The minimum absolute atomic E-state index is 1.09. The zero-order valence-corrected chi connectivity index (χ0v) is 10.4. The van der Waals surface area contributed by atoms with Crippen molar-refractivity contribution in [2.24, 2.45) is 0 Å². The van der Waals surface area contributed by atoms with Crippen LogP contribution in [0.2, 0.25) is 0 Å². The van der Waals surface area contributed by atoms with Crippen molar-refractivity contribution in [3.63, 3.8) is 0 Å². The SMILES string of the molecule is CCc1ccc2c(c1CC)[C]c1ccccc1-2. The Bertz CT molecular complexity index is 564. The summed E-state index contributed by atoms with van der Waals surface area (Å²) in [5.41, 5.74) is 8.20. The Morgan fingerprint density at radius 3 is 2.47 bits per heavy atom. The molecule has 3 rings (SSSR count). The van der Waals surface area contributed by atoms with Gasteiger partial charge in [0, 0.05) is 0 Å². The van der Waals surface area contributed by atoms with Gasteiger partial charge in [-0.1, -0.05) is 50.2 Å². The fraction of sp³-hybridized carbons (Fsp3) is 0.235. The Kier molecular flexibility index (Phi) is 2.51. The summed E-state index contributed by atoms with van der Waals surface area (Å²) < 4.78 is 0. The molecule has 0 aliphatic heterocycles. The van der Waals surface area contributed by atoms with E-state index in [-0.39, 0.29) is 0 Å². The molecular formula is C17H16. The van der Waals surface area contributed by atoms with Gasteiger partial charge in [-0.2, -0.15) is 0 Å². The first-order valence-electron chi connectivity index (χ1n) is 6.36. The van der Waals surface area contributed by atoms with E-state index in [1.54, 1.807) is 0 Å². The second-order valence-electron chi connectivity index (χ2n) is 4.50. The predicted molar refractivity (Wildman–Crippen MR) is 72.1 cm³/mol. The van der Waals surface area contributed by atoms with E-state index >= 15 is 0 Å². The van der Waals surface area contributed by atoms with E-state index < -0.39 is 0 Å². The molecule has 1 aliphatic rings. The zero-order valence-electron chi connectivity index (χ0n) is 10.4. The number of benzene rings is 2. The standard InChI is InChI=1S/C17H16/c1-3-12-9-10-16-15-8-6-5-7-13(15)11-17(16)14(12)4-2/h5-10H,3-4H2,1-2H3. The smallest absolute Gasteiger partial charge is 0.0517 e. The molecule has 0 fully saturated rings. The molecule has 2 aromatic rings. The lowest BCUT2D eigenvalue weighted by Gasteiger charge is -2.11. The molecule has 0 heteroatoms. The quantitative estimate of drug-likeness (QED) is 0.605. The van der Waals surface area contributed by atoms with E-state index in [1.165, 1.54) is 33.4 Å². The summed E-state index contributed by atoms with van der Waals surface area (Å²) in [6, 6.07) is 13.1. The third-order valence-electron chi connectivity index (χ3n) is 3.62. The van der Waals surface area contributed by atoms with E-state index in [2.05, 4.69) is 56.7 Å². The molecular weight excluding hydrogens is 204 g/mol. The number of aryl methyl sites for hydroxylation is 1. The van der Waals surface area contributed by atoms with Gasteiger partial charge >= 0.3 is 0 Å². The number of hydrogen-bond acceptors (Lipinski definition) is 0. The molecule has 0 saturated carbocycles. The largest absolute Gasteiger partial charge is 0.0619 e. The van der Waals surface area contributed by atoms with E-state index in [4.69, 9.17) is 0 Å². The predicted octanol–water partition coefficient (Wildman–Crippen LogP) is 4.27. The van der Waals surface area contributed by atoms with E-state index in [9.17, 15) is 0 Å². The van der Waals surface area contributed by atoms with Crippen LogP contribution in [0.1, 0.15) is 36.1 Å². The average Bonchev–Trinajstić information content (AvgIpc) is 2.75. The van der Waals surface area contributed by atoms with Crippen molar-refractivity contribution in [2.75, 3.05) is 0 Å². The van der Waals surface area contributed by atoms with Gasteiger partial charge in [-0.25, -0.2) is 0 Å². The zero-order chi connectivity index (χ0) is 11.8. The van der Waals surface area contributed by atoms with Crippen LogP contribution in [0.25, 0.3) is 11.1 Å². The highest BCUT2D eigenvalue weighted by Crippen LogP contribution is 2.40. The van der Waals surface area contributed by atoms with E-state index in [0.717, 1.165) is 12.8 Å². The number of rotatable bonds is 2. The maximum atomic E-state index is 3.57. The Morgan fingerprint density at radius 1 is 0.882 bits per heavy atom. The number of fused-ring (bicyclic) bond motifs is 3. The third-order valence-corrected chi connectivity index (χ3v) is 3.62. The van der Waals surface area contributed by atoms with Gasteiger partial charge in [0.05, 0.1) is 6.42 Å². The lowest BCUT2D eigenvalue weighted by Crippen LogP contribution is -1.96. The van der Waals surface area contributed by atoms with E-state index in [0.29, 0.717) is 0 Å². The monoisotopic (exact) mass is 220 g/mol. The van der Waals surface area contributed by atoms with Gasteiger partial charge in [0.25, 0.3) is 0 Å². The average molecular weight is 220 g/mol. The van der Waals surface area contributed by atoms with Crippen LogP contribution in [0.4, 0.5) is 0 Å². The van der Waals surface area contributed by atoms with Gasteiger partial charge in [0.2, 0.25) is 0 Å². The molecule has 0 aromatic heterocycles. The number of hydrogen-bond donors (Lipinski definition) is 0. The lowest BCUT2D eigenvalue weighted by molar-refractivity contribution is 1.03. The molecule has 2 radical (unpaired) electrons. The molecule has 0 heterocycles. The van der Waals surface area contributed by atoms with Crippen molar-refractivity contribution in [3.8, 4) is 11.1 Å². The van der Waals surface area contributed by atoms with Crippen LogP contribution in [-0.4, -0.2) is 0 Å². The fourth-order valence-corrected chi connectivity index (χ4v) is 2.75. The van der Waals surface area contributed by atoms with Gasteiger partial charge in [0.15, 0.2) is 0 Å².